The maximum Gasteiger partial charge on any atom is 0.124 e. The number of ether oxygens (including phenoxy) is 1. The minimum absolute atomic E-state index is 0.0329. The highest BCUT2D eigenvalue weighted by Crippen LogP contribution is 2.37. The summed E-state index contributed by atoms with van der Waals surface area (Å²) in [6, 6.07) is 0.402. The smallest absolute Gasteiger partial charge is 0.124 e. The molecule has 3 aliphatic rings. The van der Waals surface area contributed by atoms with E-state index in [1.54, 1.807) is 0 Å². The lowest BCUT2D eigenvalue weighted by Crippen LogP contribution is -2.53. The molecule has 2 N–H and O–H groups in total. The third kappa shape index (κ3) is 2.41. The number of hydrogen-bond acceptors (Lipinski definition) is 4. The van der Waals surface area contributed by atoms with E-state index in [4.69, 9.17) is 9.72 Å². The molecule has 2 saturated heterocycles. The molecule has 0 aromatic carbocycles. The zero-order valence-corrected chi connectivity index (χ0v) is 12.6. The molecule has 1 aromatic rings. The number of H-pyrrole nitrogens is 1. The quantitative estimate of drug-likeness (QED) is 0.881. The normalized spacial score (nSPS) is 28.3. The molecule has 2 fully saturated rings. The van der Waals surface area contributed by atoms with Crippen LogP contribution in [0, 0.1) is 5.41 Å². The number of hydrogen-bond donors (Lipinski definition) is 2. The van der Waals surface area contributed by atoms with E-state index in [-0.39, 0.29) is 12.0 Å². The summed E-state index contributed by atoms with van der Waals surface area (Å²) >= 11 is 0. The van der Waals surface area contributed by atoms with Gasteiger partial charge in [-0.25, -0.2) is 4.98 Å². The number of likely N-dealkylation sites (tertiary alicyclic amines) is 1. The first-order valence-corrected chi connectivity index (χ1v) is 8.30. The highest BCUT2D eigenvalue weighted by atomic mass is 16.5. The van der Waals surface area contributed by atoms with Gasteiger partial charge in [0.25, 0.3) is 0 Å². The lowest BCUT2D eigenvalue weighted by atomic mass is 9.86. The van der Waals surface area contributed by atoms with Gasteiger partial charge >= 0.3 is 0 Å². The van der Waals surface area contributed by atoms with E-state index in [1.807, 2.05) is 0 Å². The molecular formula is C16H25N3O2. The molecule has 5 nitrogen and oxygen atoms in total. The molecule has 5 heteroatoms. The Morgan fingerprint density at radius 2 is 2.14 bits per heavy atom. The van der Waals surface area contributed by atoms with Crippen LogP contribution in [0.5, 0.6) is 0 Å². The first-order chi connectivity index (χ1) is 10.3. The number of nitrogens with one attached hydrogen (secondary N) is 1. The number of aliphatic hydroxyl groups is 1. The zero-order valence-electron chi connectivity index (χ0n) is 12.6. The van der Waals surface area contributed by atoms with Gasteiger partial charge < -0.3 is 14.8 Å². The van der Waals surface area contributed by atoms with Gasteiger partial charge in [-0.3, -0.25) is 4.90 Å². The topological polar surface area (TPSA) is 61.4 Å². The Balaban J connectivity index is 1.52. The molecule has 0 amide bonds. The van der Waals surface area contributed by atoms with Crippen LogP contribution in [0.2, 0.25) is 0 Å². The molecule has 0 bridgehead atoms. The van der Waals surface area contributed by atoms with Gasteiger partial charge in [0.05, 0.1) is 37.0 Å². The van der Waals surface area contributed by atoms with Crippen LogP contribution in [0.15, 0.2) is 0 Å². The Bertz CT molecular complexity index is 481. The third-order valence-corrected chi connectivity index (χ3v) is 5.34. The zero-order chi connectivity index (χ0) is 14.3. The van der Waals surface area contributed by atoms with Crippen molar-refractivity contribution >= 4 is 0 Å². The lowest BCUT2D eigenvalue weighted by molar-refractivity contribution is -0.149. The molecule has 21 heavy (non-hydrogen) atoms. The van der Waals surface area contributed by atoms with Crippen molar-refractivity contribution in [3.63, 3.8) is 0 Å². The Morgan fingerprint density at radius 3 is 2.86 bits per heavy atom. The molecule has 1 aliphatic carbocycles. The molecular weight excluding hydrogens is 266 g/mol. The fraction of sp³-hybridized carbons (Fsp3) is 0.812. The van der Waals surface area contributed by atoms with E-state index in [9.17, 15) is 5.11 Å². The number of aromatic nitrogens is 2. The minimum Gasteiger partial charge on any atom is -0.396 e. The van der Waals surface area contributed by atoms with Crippen LogP contribution in [0.25, 0.3) is 0 Å². The lowest BCUT2D eigenvalue weighted by Gasteiger charge is -2.43. The number of aliphatic hydroxyl groups excluding tert-OH is 1. The van der Waals surface area contributed by atoms with Crippen molar-refractivity contribution in [2.75, 3.05) is 32.9 Å². The van der Waals surface area contributed by atoms with Crippen molar-refractivity contribution in [3.05, 3.63) is 17.2 Å². The monoisotopic (exact) mass is 291 g/mol. The Morgan fingerprint density at radius 1 is 1.29 bits per heavy atom. The first kappa shape index (κ1) is 13.7. The standard InChI is InChI=1S/C16H25N3O2/c20-9-16(10-21-11-16)8-19-7-3-6-14(19)15-17-12-4-1-2-5-13(12)18-15/h14,20H,1-11H2,(H,17,18)/t14-/m1/s1. The van der Waals surface area contributed by atoms with Gasteiger partial charge in [0.2, 0.25) is 0 Å². The number of nitrogens with zero attached hydrogens (tertiary/aromatic N) is 2. The van der Waals surface area contributed by atoms with E-state index < -0.39 is 0 Å². The molecule has 0 unspecified atom stereocenters. The van der Waals surface area contributed by atoms with Crippen LogP contribution in [0.1, 0.15) is 48.9 Å². The van der Waals surface area contributed by atoms with E-state index in [2.05, 4.69) is 9.88 Å². The maximum absolute atomic E-state index is 9.66. The van der Waals surface area contributed by atoms with E-state index in [0.29, 0.717) is 19.3 Å². The summed E-state index contributed by atoms with van der Waals surface area (Å²) < 4.78 is 5.34. The van der Waals surface area contributed by atoms with Crippen molar-refractivity contribution in [1.29, 1.82) is 0 Å². The fourth-order valence-corrected chi connectivity index (χ4v) is 4.01. The predicted octanol–water partition coefficient (Wildman–Crippen LogP) is 1.43. The van der Waals surface area contributed by atoms with Crippen LogP contribution in [-0.4, -0.2) is 52.9 Å². The molecule has 1 atom stereocenters. The van der Waals surface area contributed by atoms with E-state index >= 15 is 0 Å². The number of fused-ring (bicyclic) bond motifs is 1. The van der Waals surface area contributed by atoms with Gasteiger partial charge in [0, 0.05) is 12.2 Å². The van der Waals surface area contributed by atoms with Crippen molar-refractivity contribution in [3.8, 4) is 0 Å². The van der Waals surface area contributed by atoms with Gasteiger partial charge in [0.1, 0.15) is 5.82 Å². The molecule has 0 spiro atoms. The Labute approximate surface area is 125 Å². The van der Waals surface area contributed by atoms with Gasteiger partial charge in [-0.2, -0.15) is 0 Å². The summed E-state index contributed by atoms with van der Waals surface area (Å²) in [6.45, 7) is 3.66. The van der Waals surface area contributed by atoms with Crippen molar-refractivity contribution in [2.24, 2.45) is 5.41 Å². The SMILES string of the molecule is OCC1(CN2CCC[C@@H]2c2nc3c([nH]2)CCCC3)COC1. The second-order valence-electron chi connectivity index (χ2n) is 7.03. The fourth-order valence-electron chi connectivity index (χ4n) is 4.01. The Kier molecular flexibility index (Phi) is 3.52. The van der Waals surface area contributed by atoms with Crippen LogP contribution in [0.3, 0.4) is 0 Å². The summed E-state index contributed by atoms with van der Waals surface area (Å²) in [7, 11) is 0. The average molecular weight is 291 g/mol. The highest BCUT2D eigenvalue weighted by molar-refractivity contribution is 5.19. The highest BCUT2D eigenvalue weighted by Gasteiger charge is 2.42. The molecule has 0 radical (unpaired) electrons. The van der Waals surface area contributed by atoms with Gasteiger partial charge in [-0.05, 0) is 45.1 Å². The van der Waals surface area contributed by atoms with E-state index in [1.165, 1.54) is 37.1 Å². The molecule has 3 heterocycles. The van der Waals surface area contributed by atoms with Crippen LogP contribution in [0.4, 0.5) is 0 Å². The maximum atomic E-state index is 9.66. The summed E-state index contributed by atoms with van der Waals surface area (Å²) in [5.41, 5.74) is 2.63. The van der Waals surface area contributed by atoms with Crippen molar-refractivity contribution < 1.29 is 9.84 Å². The largest absolute Gasteiger partial charge is 0.396 e. The van der Waals surface area contributed by atoms with Gasteiger partial charge in [0.15, 0.2) is 0 Å². The second-order valence-corrected chi connectivity index (χ2v) is 7.03. The molecule has 116 valence electrons. The van der Waals surface area contributed by atoms with E-state index in [0.717, 1.165) is 31.8 Å². The number of imidazole rings is 1. The third-order valence-electron chi connectivity index (χ3n) is 5.34. The summed E-state index contributed by atoms with van der Waals surface area (Å²) in [5, 5.41) is 9.66. The second kappa shape index (κ2) is 5.38. The Hall–Kier alpha value is -0.910. The first-order valence-electron chi connectivity index (χ1n) is 8.30. The minimum atomic E-state index is -0.0329. The number of aryl methyl sites for hydroxylation is 2. The molecule has 0 saturated carbocycles. The number of rotatable bonds is 4. The van der Waals surface area contributed by atoms with Crippen LogP contribution in [-0.2, 0) is 17.6 Å². The number of aromatic amines is 1. The summed E-state index contributed by atoms with van der Waals surface area (Å²) in [5.74, 6) is 1.16. The van der Waals surface area contributed by atoms with Crippen molar-refractivity contribution in [1.82, 2.24) is 14.9 Å². The molecule has 4 rings (SSSR count). The molecule has 2 aliphatic heterocycles. The molecule has 1 aromatic heterocycles. The predicted molar refractivity (Wildman–Crippen MR) is 79.1 cm³/mol. The summed E-state index contributed by atoms with van der Waals surface area (Å²) in [6.07, 6.45) is 7.24. The average Bonchev–Trinajstić information content (AvgIpc) is 3.08. The van der Waals surface area contributed by atoms with Gasteiger partial charge in [-0.15, -0.1) is 0 Å². The van der Waals surface area contributed by atoms with Gasteiger partial charge in [-0.1, -0.05) is 0 Å². The van der Waals surface area contributed by atoms with Crippen molar-refractivity contribution in [2.45, 2.75) is 44.6 Å². The van der Waals surface area contributed by atoms with Crippen LogP contribution < -0.4 is 0 Å². The van der Waals surface area contributed by atoms with Crippen LogP contribution >= 0.6 is 0 Å². The summed E-state index contributed by atoms with van der Waals surface area (Å²) in [4.78, 5) is 11.0.